The number of allylic oxidation sites excluding steroid dienone is 1. The van der Waals surface area contributed by atoms with Crippen molar-refractivity contribution < 1.29 is 5.11 Å². The smallest absolute Gasteiger partial charge is 0.125 e. The van der Waals surface area contributed by atoms with Crippen molar-refractivity contribution in [3.63, 3.8) is 0 Å². The van der Waals surface area contributed by atoms with Gasteiger partial charge in [0.05, 0.1) is 6.54 Å². The molecular weight excluding hydrogens is 212 g/mol. The predicted molar refractivity (Wildman–Crippen MR) is 73.2 cm³/mol. The zero-order valence-corrected chi connectivity index (χ0v) is 11.2. The van der Waals surface area contributed by atoms with E-state index in [1.54, 1.807) is 6.92 Å². The molecule has 0 amide bonds. The SMILES string of the molecule is CCCCCCC/C=C/C1=NCCN1C(C)O. The average Bonchev–Trinajstić information content (AvgIpc) is 2.76. The molecular formula is C14H26N2O. The van der Waals surface area contributed by atoms with Gasteiger partial charge in [-0.3, -0.25) is 4.99 Å². The number of rotatable bonds is 8. The van der Waals surface area contributed by atoms with E-state index in [0.29, 0.717) is 0 Å². The number of hydrogen-bond donors (Lipinski definition) is 1. The van der Waals surface area contributed by atoms with E-state index in [1.807, 2.05) is 4.90 Å². The average molecular weight is 238 g/mol. The molecule has 0 spiro atoms. The summed E-state index contributed by atoms with van der Waals surface area (Å²) in [5.74, 6) is 0.938. The molecule has 1 rings (SSSR count). The van der Waals surface area contributed by atoms with E-state index in [9.17, 15) is 5.11 Å². The van der Waals surface area contributed by atoms with Crippen LogP contribution < -0.4 is 0 Å². The van der Waals surface area contributed by atoms with Gasteiger partial charge in [-0.05, 0) is 25.8 Å². The lowest BCUT2D eigenvalue weighted by molar-refractivity contribution is 0.0788. The lowest BCUT2D eigenvalue weighted by Gasteiger charge is -2.21. The van der Waals surface area contributed by atoms with Crippen molar-refractivity contribution in [3.05, 3.63) is 12.2 Å². The Balaban J connectivity index is 2.16. The van der Waals surface area contributed by atoms with Crippen molar-refractivity contribution in [1.82, 2.24) is 4.90 Å². The highest BCUT2D eigenvalue weighted by Gasteiger charge is 2.17. The Hall–Kier alpha value is -0.830. The third-order valence-corrected chi connectivity index (χ3v) is 3.10. The van der Waals surface area contributed by atoms with Crippen LogP contribution >= 0.6 is 0 Å². The van der Waals surface area contributed by atoms with Gasteiger partial charge in [0, 0.05) is 6.54 Å². The Bertz CT molecular complexity index is 259. The maximum Gasteiger partial charge on any atom is 0.125 e. The van der Waals surface area contributed by atoms with Gasteiger partial charge in [-0.1, -0.05) is 38.7 Å². The van der Waals surface area contributed by atoms with Crippen LogP contribution in [0.5, 0.6) is 0 Å². The summed E-state index contributed by atoms with van der Waals surface area (Å²) >= 11 is 0. The molecule has 17 heavy (non-hydrogen) atoms. The first-order valence-corrected chi connectivity index (χ1v) is 6.91. The number of amidine groups is 1. The van der Waals surface area contributed by atoms with E-state index < -0.39 is 6.23 Å². The first-order valence-electron chi connectivity index (χ1n) is 6.91. The minimum Gasteiger partial charge on any atom is -0.374 e. The van der Waals surface area contributed by atoms with Crippen LogP contribution in [0.25, 0.3) is 0 Å². The minimum atomic E-state index is -0.426. The summed E-state index contributed by atoms with van der Waals surface area (Å²) in [5, 5.41) is 9.53. The number of unbranched alkanes of at least 4 members (excludes halogenated alkanes) is 5. The molecule has 1 N–H and O–H groups in total. The van der Waals surface area contributed by atoms with E-state index in [4.69, 9.17) is 0 Å². The van der Waals surface area contributed by atoms with Gasteiger partial charge < -0.3 is 10.0 Å². The van der Waals surface area contributed by atoms with Crippen molar-refractivity contribution >= 4 is 5.84 Å². The number of aliphatic hydroxyl groups is 1. The first kappa shape index (κ1) is 14.2. The largest absolute Gasteiger partial charge is 0.374 e. The molecule has 0 aromatic rings. The first-order chi connectivity index (χ1) is 8.25. The summed E-state index contributed by atoms with van der Waals surface area (Å²) in [6.45, 7) is 5.68. The van der Waals surface area contributed by atoms with Gasteiger partial charge in [0.2, 0.25) is 0 Å². The lowest BCUT2D eigenvalue weighted by atomic mass is 10.1. The van der Waals surface area contributed by atoms with Gasteiger partial charge >= 0.3 is 0 Å². The fourth-order valence-corrected chi connectivity index (χ4v) is 2.06. The van der Waals surface area contributed by atoms with Gasteiger partial charge in [0.25, 0.3) is 0 Å². The van der Waals surface area contributed by atoms with E-state index in [1.165, 1.54) is 32.1 Å². The molecule has 1 atom stereocenters. The highest BCUT2D eigenvalue weighted by Crippen LogP contribution is 2.09. The molecule has 3 nitrogen and oxygen atoms in total. The predicted octanol–water partition coefficient (Wildman–Crippen LogP) is 2.96. The molecule has 0 saturated carbocycles. The molecule has 0 saturated heterocycles. The van der Waals surface area contributed by atoms with Crippen LogP contribution in [0.15, 0.2) is 17.1 Å². The van der Waals surface area contributed by atoms with E-state index in [0.717, 1.165) is 25.3 Å². The monoisotopic (exact) mass is 238 g/mol. The Morgan fingerprint density at radius 3 is 2.82 bits per heavy atom. The van der Waals surface area contributed by atoms with Crippen LogP contribution in [0.1, 0.15) is 52.4 Å². The zero-order valence-electron chi connectivity index (χ0n) is 11.2. The molecule has 0 radical (unpaired) electrons. The summed E-state index contributed by atoms with van der Waals surface area (Å²) < 4.78 is 0. The Labute approximate surface area is 105 Å². The number of aliphatic imine (C=N–C) groups is 1. The summed E-state index contributed by atoms with van der Waals surface area (Å²) in [6, 6.07) is 0. The standard InChI is InChI=1S/C14H26N2O/c1-3-4-5-6-7-8-9-10-14-15-11-12-16(14)13(2)17/h9-10,13,17H,3-8,11-12H2,1-2H3/b10-9+. The van der Waals surface area contributed by atoms with E-state index in [2.05, 4.69) is 24.1 Å². The molecule has 3 heteroatoms. The molecule has 0 aliphatic carbocycles. The molecule has 1 heterocycles. The lowest BCUT2D eigenvalue weighted by Crippen LogP contribution is -2.34. The highest BCUT2D eigenvalue weighted by molar-refractivity contribution is 5.94. The van der Waals surface area contributed by atoms with Crippen LogP contribution in [-0.2, 0) is 0 Å². The maximum atomic E-state index is 9.53. The van der Waals surface area contributed by atoms with Gasteiger partial charge in [-0.15, -0.1) is 0 Å². The topological polar surface area (TPSA) is 35.8 Å². The normalized spacial score (nSPS) is 17.8. The summed E-state index contributed by atoms with van der Waals surface area (Å²) in [4.78, 5) is 6.32. The van der Waals surface area contributed by atoms with Gasteiger partial charge in [-0.25, -0.2) is 0 Å². The number of aliphatic hydroxyl groups excluding tert-OH is 1. The van der Waals surface area contributed by atoms with Crippen LogP contribution in [0, 0.1) is 0 Å². The van der Waals surface area contributed by atoms with E-state index in [-0.39, 0.29) is 0 Å². The number of hydrogen-bond acceptors (Lipinski definition) is 3. The number of nitrogens with zero attached hydrogens (tertiary/aromatic N) is 2. The summed E-state index contributed by atoms with van der Waals surface area (Å²) in [5.41, 5.74) is 0. The van der Waals surface area contributed by atoms with Gasteiger partial charge in [0.1, 0.15) is 12.1 Å². The van der Waals surface area contributed by atoms with Crippen LogP contribution in [0.3, 0.4) is 0 Å². The van der Waals surface area contributed by atoms with Crippen molar-refractivity contribution in [2.45, 2.75) is 58.6 Å². The molecule has 0 fully saturated rings. The van der Waals surface area contributed by atoms with Crippen molar-refractivity contribution in [1.29, 1.82) is 0 Å². The molecule has 1 aliphatic rings. The van der Waals surface area contributed by atoms with Crippen LogP contribution in [-0.4, -0.2) is 35.2 Å². The van der Waals surface area contributed by atoms with Crippen molar-refractivity contribution in [3.8, 4) is 0 Å². The molecule has 1 aliphatic heterocycles. The second kappa shape index (κ2) is 8.29. The molecule has 0 aromatic carbocycles. The van der Waals surface area contributed by atoms with Gasteiger partial charge in [0.15, 0.2) is 0 Å². The van der Waals surface area contributed by atoms with E-state index >= 15 is 0 Å². The fraction of sp³-hybridized carbons (Fsp3) is 0.786. The molecule has 1 unspecified atom stereocenters. The Kier molecular flexibility index (Phi) is 6.94. The fourth-order valence-electron chi connectivity index (χ4n) is 2.06. The van der Waals surface area contributed by atoms with Gasteiger partial charge in [-0.2, -0.15) is 0 Å². The third kappa shape index (κ3) is 5.35. The third-order valence-electron chi connectivity index (χ3n) is 3.10. The highest BCUT2D eigenvalue weighted by atomic mass is 16.3. The summed E-state index contributed by atoms with van der Waals surface area (Å²) in [7, 11) is 0. The molecule has 0 aromatic heterocycles. The van der Waals surface area contributed by atoms with Crippen LogP contribution in [0.2, 0.25) is 0 Å². The van der Waals surface area contributed by atoms with Crippen molar-refractivity contribution in [2.75, 3.05) is 13.1 Å². The summed E-state index contributed by atoms with van der Waals surface area (Å²) in [6.07, 6.45) is 11.5. The van der Waals surface area contributed by atoms with Crippen molar-refractivity contribution in [2.24, 2.45) is 4.99 Å². The maximum absolute atomic E-state index is 9.53. The van der Waals surface area contributed by atoms with Crippen LogP contribution in [0.4, 0.5) is 0 Å². The zero-order chi connectivity index (χ0) is 12.5. The molecule has 0 bridgehead atoms. The Morgan fingerprint density at radius 2 is 2.12 bits per heavy atom. The molecule has 98 valence electrons. The Morgan fingerprint density at radius 1 is 1.35 bits per heavy atom. The second-order valence-corrected chi connectivity index (χ2v) is 4.67. The minimum absolute atomic E-state index is 0.426. The second-order valence-electron chi connectivity index (χ2n) is 4.67. The quantitative estimate of drug-likeness (QED) is 0.660.